The van der Waals surface area contributed by atoms with E-state index in [4.69, 9.17) is 0 Å². The summed E-state index contributed by atoms with van der Waals surface area (Å²) in [4.78, 5) is 12.1. The van der Waals surface area contributed by atoms with E-state index in [9.17, 15) is 26.7 Å². The Kier molecular flexibility index (Phi) is 6.64. The lowest BCUT2D eigenvalue weighted by Gasteiger charge is -2.26. The van der Waals surface area contributed by atoms with Gasteiger partial charge in [-0.2, -0.15) is 22.0 Å². The fourth-order valence-electron chi connectivity index (χ4n) is 2.57. The average molecular weight is 401 g/mol. The second kappa shape index (κ2) is 8.58. The Hall–Kier alpha value is -2.64. The van der Waals surface area contributed by atoms with Gasteiger partial charge in [0.15, 0.2) is 0 Å². The van der Waals surface area contributed by atoms with E-state index in [0.29, 0.717) is 11.1 Å². The lowest BCUT2D eigenvalue weighted by molar-refractivity contribution is -0.137. The monoisotopic (exact) mass is 401 g/mol. The van der Waals surface area contributed by atoms with E-state index in [1.807, 2.05) is 0 Å². The van der Waals surface area contributed by atoms with Crippen molar-refractivity contribution < 1.29 is 31.5 Å². The van der Waals surface area contributed by atoms with Gasteiger partial charge in [-0.15, -0.1) is 0 Å². The highest BCUT2D eigenvalue weighted by atomic mass is 19.4. The zero-order valence-electron chi connectivity index (χ0n) is 15.3. The van der Waals surface area contributed by atoms with Crippen LogP contribution in [0.3, 0.4) is 0 Å². The van der Waals surface area contributed by atoms with E-state index in [1.54, 1.807) is 19.9 Å². The molecule has 0 aliphatic carbocycles. The van der Waals surface area contributed by atoms with Crippen LogP contribution < -0.4 is 10.1 Å². The molecule has 0 fully saturated rings. The molecule has 2 aromatic rings. The summed E-state index contributed by atoms with van der Waals surface area (Å²) in [6.45, 7) is 0.685. The molecule has 0 radical (unpaired) electrons. The third kappa shape index (κ3) is 6.21. The maximum atomic E-state index is 12.9. The number of benzene rings is 2. The number of hydrogen-bond donors (Lipinski definition) is 1. The van der Waals surface area contributed by atoms with Crippen molar-refractivity contribution in [1.82, 2.24) is 5.32 Å². The summed E-state index contributed by atoms with van der Waals surface area (Å²) in [6.07, 6.45) is -4.43. The number of hydrogen-bond acceptors (Lipinski definition) is 2. The average Bonchev–Trinajstić information content (AvgIpc) is 2.61. The first-order valence-corrected chi connectivity index (χ1v) is 8.45. The summed E-state index contributed by atoms with van der Waals surface area (Å²) in [5, 5.41) is 2.70. The second-order valence-corrected chi connectivity index (χ2v) is 6.94. The van der Waals surface area contributed by atoms with Crippen molar-refractivity contribution in [3.63, 3.8) is 0 Å². The Morgan fingerprint density at radius 3 is 2.21 bits per heavy atom. The molecule has 1 N–H and O–H groups in total. The standard InChI is InChI=1S/C20H20F5NO2/c1-19(2,14-4-3-5-15(11-14)20(23,24)25)12-26-17(27)10-13-6-8-16(9-7-13)28-18(21)22/h3-9,11,18H,10,12H2,1-2H3,(H,26,27). The minimum absolute atomic E-state index is 0.00757. The van der Waals surface area contributed by atoms with Crippen molar-refractivity contribution in [2.24, 2.45) is 0 Å². The zero-order valence-corrected chi connectivity index (χ0v) is 15.3. The van der Waals surface area contributed by atoms with Gasteiger partial charge in [-0.05, 0) is 29.3 Å². The Balaban J connectivity index is 1.96. The van der Waals surface area contributed by atoms with Gasteiger partial charge in [-0.3, -0.25) is 4.79 Å². The number of rotatable bonds is 7. The zero-order chi connectivity index (χ0) is 20.9. The Morgan fingerprint density at radius 2 is 1.64 bits per heavy atom. The molecule has 0 aliphatic rings. The van der Waals surface area contributed by atoms with Crippen LogP contribution in [0, 0.1) is 0 Å². The normalized spacial score (nSPS) is 12.1. The third-order valence-corrected chi connectivity index (χ3v) is 4.21. The van der Waals surface area contributed by atoms with Gasteiger partial charge in [0, 0.05) is 12.0 Å². The van der Waals surface area contributed by atoms with Crippen LogP contribution in [-0.2, 0) is 22.8 Å². The van der Waals surface area contributed by atoms with Crippen molar-refractivity contribution in [2.75, 3.05) is 6.54 Å². The molecule has 0 bridgehead atoms. The van der Waals surface area contributed by atoms with Crippen LogP contribution in [0.15, 0.2) is 48.5 Å². The van der Waals surface area contributed by atoms with Gasteiger partial charge in [0.05, 0.1) is 12.0 Å². The van der Waals surface area contributed by atoms with Gasteiger partial charge in [-0.25, -0.2) is 0 Å². The first-order chi connectivity index (χ1) is 13.0. The molecule has 152 valence electrons. The van der Waals surface area contributed by atoms with Crippen molar-refractivity contribution in [1.29, 1.82) is 0 Å². The fraction of sp³-hybridized carbons (Fsp3) is 0.350. The highest BCUT2D eigenvalue weighted by Gasteiger charge is 2.32. The molecule has 0 aliphatic heterocycles. The summed E-state index contributed by atoms with van der Waals surface area (Å²) in [6, 6.07) is 10.7. The van der Waals surface area contributed by atoms with Crippen molar-refractivity contribution in [2.45, 2.75) is 38.5 Å². The minimum atomic E-state index is -4.43. The minimum Gasteiger partial charge on any atom is -0.435 e. The number of alkyl halides is 5. The molecule has 8 heteroatoms. The number of halogens is 5. The molecule has 2 rings (SSSR count). The summed E-state index contributed by atoms with van der Waals surface area (Å²) in [5.41, 5.74) is -0.408. The predicted molar refractivity (Wildman–Crippen MR) is 94.3 cm³/mol. The van der Waals surface area contributed by atoms with E-state index in [1.165, 1.54) is 30.3 Å². The van der Waals surface area contributed by atoms with Gasteiger partial charge in [0.1, 0.15) is 5.75 Å². The third-order valence-electron chi connectivity index (χ3n) is 4.21. The molecule has 0 aromatic heterocycles. The van der Waals surface area contributed by atoms with E-state index in [2.05, 4.69) is 10.1 Å². The maximum absolute atomic E-state index is 12.9. The van der Waals surface area contributed by atoms with Gasteiger partial charge in [-0.1, -0.05) is 44.2 Å². The molecule has 0 spiro atoms. The first kappa shape index (κ1) is 21.7. The number of ether oxygens (including phenoxy) is 1. The second-order valence-electron chi connectivity index (χ2n) is 6.94. The van der Waals surface area contributed by atoms with Crippen LogP contribution in [-0.4, -0.2) is 19.1 Å². The van der Waals surface area contributed by atoms with E-state index in [0.717, 1.165) is 12.1 Å². The van der Waals surface area contributed by atoms with Crippen LogP contribution in [0.25, 0.3) is 0 Å². The van der Waals surface area contributed by atoms with Crippen molar-refractivity contribution >= 4 is 5.91 Å². The first-order valence-electron chi connectivity index (χ1n) is 8.45. The molecule has 0 saturated heterocycles. The van der Waals surface area contributed by atoms with Crippen LogP contribution in [0.4, 0.5) is 22.0 Å². The fourth-order valence-corrected chi connectivity index (χ4v) is 2.57. The highest BCUT2D eigenvalue weighted by Crippen LogP contribution is 2.32. The smallest absolute Gasteiger partial charge is 0.416 e. The van der Waals surface area contributed by atoms with Gasteiger partial charge >= 0.3 is 12.8 Å². The molecular weight excluding hydrogens is 381 g/mol. The molecule has 0 heterocycles. The van der Waals surface area contributed by atoms with Crippen LogP contribution in [0.5, 0.6) is 5.75 Å². The molecule has 0 atom stereocenters. The lowest BCUT2D eigenvalue weighted by atomic mass is 9.83. The van der Waals surface area contributed by atoms with Crippen LogP contribution >= 0.6 is 0 Å². The molecule has 2 aromatic carbocycles. The quantitative estimate of drug-likeness (QED) is 0.668. The van der Waals surface area contributed by atoms with E-state index in [-0.39, 0.29) is 24.6 Å². The largest absolute Gasteiger partial charge is 0.435 e. The summed E-state index contributed by atoms with van der Waals surface area (Å²) >= 11 is 0. The summed E-state index contributed by atoms with van der Waals surface area (Å²) in [5.74, 6) is -0.340. The number of carbonyl (C=O) groups excluding carboxylic acids is 1. The summed E-state index contributed by atoms with van der Waals surface area (Å²) in [7, 11) is 0. The SMILES string of the molecule is CC(C)(CNC(=O)Cc1ccc(OC(F)F)cc1)c1cccc(C(F)(F)F)c1. The topological polar surface area (TPSA) is 38.3 Å². The highest BCUT2D eigenvalue weighted by molar-refractivity contribution is 5.78. The Bertz CT molecular complexity index is 801. The summed E-state index contributed by atoms with van der Waals surface area (Å²) < 4.78 is 67.2. The lowest BCUT2D eigenvalue weighted by Crippen LogP contribution is -2.37. The van der Waals surface area contributed by atoms with E-state index >= 15 is 0 Å². The predicted octanol–water partition coefficient (Wildman–Crippen LogP) is 4.94. The number of carbonyl (C=O) groups is 1. The Labute approximate surface area is 159 Å². The Morgan fingerprint density at radius 1 is 1.04 bits per heavy atom. The molecule has 0 saturated carbocycles. The maximum Gasteiger partial charge on any atom is 0.416 e. The molecule has 1 amide bonds. The molecule has 3 nitrogen and oxygen atoms in total. The van der Waals surface area contributed by atoms with Crippen molar-refractivity contribution in [3.8, 4) is 5.75 Å². The van der Waals surface area contributed by atoms with Gasteiger partial charge in [0.25, 0.3) is 0 Å². The van der Waals surface area contributed by atoms with Crippen LogP contribution in [0.1, 0.15) is 30.5 Å². The van der Waals surface area contributed by atoms with Crippen molar-refractivity contribution in [3.05, 3.63) is 65.2 Å². The van der Waals surface area contributed by atoms with E-state index < -0.39 is 23.8 Å². The van der Waals surface area contributed by atoms with Gasteiger partial charge < -0.3 is 10.1 Å². The van der Waals surface area contributed by atoms with Crippen LogP contribution in [0.2, 0.25) is 0 Å². The van der Waals surface area contributed by atoms with Gasteiger partial charge in [0.2, 0.25) is 5.91 Å². The molecular formula is C20H20F5NO2. The molecule has 28 heavy (non-hydrogen) atoms. The number of nitrogens with one attached hydrogen (secondary N) is 1. The molecule has 0 unspecified atom stereocenters. The number of amides is 1.